The third-order valence-electron chi connectivity index (χ3n) is 3.69. The largest absolute Gasteiger partial charge is 0.346 e. The second-order valence-corrected chi connectivity index (χ2v) is 5.82. The van der Waals surface area contributed by atoms with Crippen LogP contribution in [0, 0.1) is 11.8 Å². The van der Waals surface area contributed by atoms with Crippen LogP contribution in [0.2, 0.25) is 0 Å². The number of carbonyl (C=O) groups excluding carboxylic acids is 2. The molecule has 0 bridgehead atoms. The molecule has 2 aromatic rings. The number of nitrogens with zero attached hydrogens (tertiary/aromatic N) is 3. The van der Waals surface area contributed by atoms with Crippen LogP contribution in [0.15, 0.2) is 18.5 Å². The van der Waals surface area contributed by atoms with E-state index >= 15 is 0 Å². The first-order valence-corrected chi connectivity index (χ1v) is 6.84. The number of fused-ring (bicyclic) bond motifs is 2. The zero-order valence-corrected chi connectivity index (χ0v) is 10.7. The third-order valence-corrected chi connectivity index (χ3v) is 4.79. The van der Waals surface area contributed by atoms with Crippen molar-refractivity contribution in [2.75, 3.05) is 18.0 Å². The Labute approximate surface area is 112 Å². The fraction of sp³-hybridized carbons (Fsp3) is 0.333. The maximum atomic E-state index is 11.6. The second-order valence-electron chi connectivity index (χ2n) is 4.81. The number of anilines is 1. The van der Waals surface area contributed by atoms with E-state index in [1.165, 1.54) is 0 Å². The third kappa shape index (κ3) is 1.54. The number of aromatic nitrogens is 2. The standard InChI is InChI=1S/C12H10N4O2S/c17-10-6-4-16(5-7(6)11(18)15-10)12-14-8-3-13-2-1-9(8)19-12/h1-3,6-7H,4-5H2,(H,15,17,18). The minimum Gasteiger partial charge on any atom is -0.346 e. The van der Waals surface area contributed by atoms with E-state index in [2.05, 4.69) is 15.3 Å². The van der Waals surface area contributed by atoms with Gasteiger partial charge in [0.1, 0.15) is 5.52 Å². The van der Waals surface area contributed by atoms with Crippen molar-refractivity contribution in [3.05, 3.63) is 18.5 Å². The van der Waals surface area contributed by atoms with Gasteiger partial charge in [-0.25, -0.2) is 4.98 Å². The highest BCUT2D eigenvalue weighted by molar-refractivity contribution is 7.22. The molecule has 4 rings (SSSR count). The summed E-state index contributed by atoms with van der Waals surface area (Å²) in [7, 11) is 0. The lowest BCUT2D eigenvalue weighted by atomic mass is 10.00. The van der Waals surface area contributed by atoms with Crippen LogP contribution in [0.1, 0.15) is 0 Å². The smallest absolute Gasteiger partial charge is 0.232 e. The molecule has 0 radical (unpaired) electrons. The fourth-order valence-electron chi connectivity index (χ4n) is 2.70. The molecule has 6 nitrogen and oxygen atoms in total. The summed E-state index contributed by atoms with van der Waals surface area (Å²) >= 11 is 1.57. The van der Waals surface area contributed by atoms with E-state index in [9.17, 15) is 9.59 Å². The van der Waals surface area contributed by atoms with Crippen LogP contribution < -0.4 is 10.2 Å². The first-order chi connectivity index (χ1) is 9.22. The summed E-state index contributed by atoms with van der Waals surface area (Å²) in [5.41, 5.74) is 0.857. The minimum atomic E-state index is -0.224. The summed E-state index contributed by atoms with van der Waals surface area (Å²) < 4.78 is 1.07. The fourth-order valence-corrected chi connectivity index (χ4v) is 3.65. The highest BCUT2D eigenvalue weighted by Crippen LogP contribution is 2.35. The van der Waals surface area contributed by atoms with Gasteiger partial charge in [-0.15, -0.1) is 0 Å². The Morgan fingerprint density at radius 1 is 1.26 bits per heavy atom. The quantitative estimate of drug-likeness (QED) is 0.762. The molecule has 2 aliphatic heterocycles. The van der Waals surface area contributed by atoms with E-state index in [0.29, 0.717) is 13.1 Å². The van der Waals surface area contributed by atoms with Crippen molar-refractivity contribution >= 4 is 38.5 Å². The minimum absolute atomic E-state index is 0.153. The molecule has 96 valence electrons. The van der Waals surface area contributed by atoms with E-state index in [1.54, 1.807) is 23.7 Å². The van der Waals surface area contributed by atoms with Crippen molar-refractivity contribution in [1.82, 2.24) is 15.3 Å². The first kappa shape index (κ1) is 10.9. The predicted octanol–water partition coefficient (Wildman–Crippen LogP) is 0.400. The summed E-state index contributed by atoms with van der Waals surface area (Å²) in [6, 6.07) is 1.92. The zero-order valence-electron chi connectivity index (χ0n) is 9.87. The molecule has 0 aliphatic carbocycles. The first-order valence-electron chi connectivity index (χ1n) is 6.02. The molecule has 2 saturated heterocycles. The Balaban J connectivity index is 1.67. The summed E-state index contributed by atoms with van der Waals surface area (Å²) in [4.78, 5) is 33.8. The van der Waals surface area contributed by atoms with Crippen LogP contribution in [0.3, 0.4) is 0 Å². The number of imide groups is 1. The number of pyridine rings is 1. The number of amides is 2. The van der Waals surface area contributed by atoms with Crippen molar-refractivity contribution in [3.8, 4) is 0 Å². The van der Waals surface area contributed by atoms with Gasteiger partial charge in [0.05, 0.1) is 22.7 Å². The Morgan fingerprint density at radius 3 is 2.68 bits per heavy atom. The number of nitrogens with one attached hydrogen (secondary N) is 1. The highest BCUT2D eigenvalue weighted by atomic mass is 32.1. The number of hydrogen-bond acceptors (Lipinski definition) is 6. The normalized spacial score (nSPS) is 26.0. The molecule has 2 fully saturated rings. The summed E-state index contributed by atoms with van der Waals surface area (Å²) in [5, 5.41) is 3.25. The van der Waals surface area contributed by atoms with Gasteiger partial charge in [0, 0.05) is 19.3 Å². The average molecular weight is 274 g/mol. The van der Waals surface area contributed by atoms with Crippen LogP contribution in [0.25, 0.3) is 10.2 Å². The van der Waals surface area contributed by atoms with E-state index in [1.807, 2.05) is 11.0 Å². The van der Waals surface area contributed by atoms with Gasteiger partial charge in [-0.2, -0.15) is 0 Å². The molecular weight excluding hydrogens is 264 g/mol. The molecule has 2 aliphatic rings. The molecule has 0 saturated carbocycles. The molecule has 1 N–H and O–H groups in total. The lowest BCUT2D eigenvalue weighted by Crippen LogP contribution is -2.31. The molecule has 2 unspecified atom stereocenters. The Bertz CT molecular complexity index is 643. The van der Waals surface area contributed by atoms with E-state index < -0.39 is 0 Å². The van der Waals surface area contributed by atoms with E-state index in [-0.39, 0.29) is 23.7 Å². The van der Waals surface area contributed by atoms with Crippen LogP contribution in [0.5, 0.6) is 0 Å². The maximum Gasteiger partial charge on any atom is 0.232 e. The molecule has 4 heterocycles. The Hall–Kier alpha value is -2.02. The van der Waals surface area contributed by atoms with Crippen molar-refractivity contribution in [2.24, 2.45) is 11.8 Å². The maximum absolute atomic E-state index is 11.6. The molecule has 2 aromatic heterocycles. The van der Waals surface area contributed by atoms with Gasteiger partial charge in [-0.1, -0.05) is 11.3 Å². The molecule has 7 heteroatoms. The van der Waals surface area contributed by atoms with Gasteiger partial charge in [0.2, 0.25) is 11.8 Å². The molecule has 0 spiro atoms. The lowest BCUT2D eigenvalue weighted by molar-refractivity contribution is -0.126. The topological polar surface area (TPSA) is 75.2 Å². The van der Waals surface area contributed by atoms with Crippen molar-refractivity contribution in [3.63, 3.8) is 0 Å². The van der Waals surface area contributed by atoms with Crippen LogP contribution >= 0.6 is 11.3 Å². The molecule has 19 heavy (non-hydrogen) atoms. The van der Waals surface area contributed by atoms with Gasteiger partial charge < -0.3 is 4.90 Å². The SMILES string of the molecule is O=C1NC(=O)C2CN(c3nc4cnccc4s3)CC12. The van der Waals surface area contributed by atoms with Gasteiger partial charge in [-0.3, -0.25) is 19.9 Å². The second kappa shape index (κ2) is 3.74. The van der Waals surface area contributed by atoms with Crippen LogP contribution in [-0.2, 0) is 9.59 Å². The predicted molar refractivity (Wildman–Crippen MR) is 69.8 cm³/mol. The number of hydrogen-bond donors (Lipinski definition) is 1. The average Bonchev–Trinajstić information content (AvgIpc) is 3.06. The highest BCUT2D eigenvalue weighted by Gasteiger charge is 2.48. The van der Waals surface area contributed by atoms with Crippen molar-refractivity contribution < 1.29 is 9.59 Å². The van der Waals surface area contributed by atoms with Crippen LogP contribution in [-0.4, -0.2) is 34.9 Å². The zero-order chi connectivity index (χ0) is 13.0. The van der Waals surface area contributed by atoms with Gasteiger partial charge in [0.25, 0.3) is 0 Å². The Kier molecular flexibility index (Phi) is 2.14. The summed E-state index contributed by atoms with van der Waals surface area (Å²) in [6.07, 6.45) is 3.46. The lowest BCUT2D eigenvalue weighted by Gasteiger charge is -2.14. The van der Waals surface area contributed by atoms with Gasteiger partial charge in [0.15, 0.2) is 5.13 Å². The molecular formula is C12H10N4O2S. The summed E-state index contributed by atoms with van der Waals surface area (Å²) in [6.45, 7) is 1.13. The van der Waals surface area contributed by atoms with Gasteiger partial charge >= 0.3 is 0 Å². The van der Waals surface area contributed by atoms with Crippen molar-refractivity contribution in [1.29, 1.82) is 0 Å². The summed E-state index contributed by atoms with van der Waals surface area (Å²) in [5.74, 6) is -0.754. The van der Waals surface area contributed by atoms with Gasteiger partial charge in [-0.05, 0) is 6.07 Å². The number of carbonyl (C=O) groups is 2. The van der Waals surface area contributed by atoms with Crippen molar-refractivity contribution in [2.45, 2.75) is 0 Å². The number of thiazole rings is 1. The molecule has 2 amide bonds. The van der Waals surface area contributed by atoms with E-state index in [4.69, 9.17) is 0 Å². The molecule has 2 atom stereocenters. The van der Waals surface area contributed by atoms with E-state index in [0.717, 1.165) is 15.3 Å². The van der Waals surface area contributed by atoms with Crippen LogP contribution in [0.4, 0.5) is 5.13 Å². The Morgan fingerprint density at radius 2 is 2.00 bits per heavy atom. The monoisotopic (exact) mass is 274 g/mol. The number of rotatable bonds is 1. The molecule has 0 aromatic carbocycles.